The molecule has 0 heterocycles. The third-order valence-electron chi connectivity index (χ3n) is 3.21. The van der Waals surface area contributed by atoms with Gasteiger partial charge in [0.2, 0.25) is 0 Å². The molecule has 0 aliphatic carbocycles. The summed E-state index contributed by atoms with van der Waals surface area (Å²) in [6, 6.07) is 14.1. The summed E-state index contributed by atoms with van der Waals surface area (Å²) in [5.41, 5.74) is 0.269. The molecule has 0 saturated carbocycles. The second-order valence-electron chi connectivity index (χ2n) is 5.06. The molecular formula is C17H19NO5S. The van der Waals surface area contributed by atoms with Crippen LogP contribution in [0.2, 0.25) is 0 Å². The number of benzene rings is 2. The lowest BCUT2D eigenvalue weighted by atomic mass is 10.3. The lowest BCUT2D eigenvalue weighted by Gasteiger charge is -2.23. The van der Waals surface area contributed by atoms with Crippen LogP contribution in [0.3, 0.4) is 0 Å². The fourth-order valence-electron chi connectivity index (χ4n) is 2.09. The van der Waals surface area contributed by atoms with Gasteiger partial charge in [-0.1, -0.05) is 25.1 Å². The summed E-state index contributed by atoms with van der Waals surface area (Å²) in [5, 5.41) is 9.10. The molecule has 0 aliphatic heterocycles. The molecular weight excluding hydrogens is 330 g/mol. The van der Waals surface area contributed by atoms with Crippen molar-refractivity contribution in [3.05, 3.63) is 54.6 Å². The minimum atomic E-state index is -3.97. The van der Waals surface area contributed by atoms with Crippen LogP contribution in [-0.4, -0.2) is 32.6 Å². The minimum absolute atomic E-state index is 0.0394. The van der Waals surface area contributed by atoms with Crippen LogP contribution in [0.25, 0.3) is 0 Å². The first-order chi connectivity index (χ1) is 11.4. The van der Waals surface area contributed by atoms with Crippen molar-refractivity contribution in [1.82, 2.24) is 0 Å². The molecule has 2 rings (SSSR count). The first-order valence-corrected chi connectivity index (χ1v) is 8.91. The Hall–Kier alpha value is -2.54. The summed E-state index contributed by atoms with van der Waals surface area (Å²) >= 11 is 0. The van der Waals surface area contributed by atoms with Crippen molar-refractivity contribution in [1.29, 1.82) is 0 Å². The molecule has 0 unspecified atom stereocenters. The van der Waals surface area contributed by atoms with Crippen molar-refractivity contribution < 1.29 is 23.1 Å². The molecule has 0 aromatic heterocycles. The van der Waals surface area contributed by atoms with Gasteiger partial charge in [-0.25, -0.2) is 8.42 Å². The van der Waals surface area contributed by atoms with Crippen molar-refractivity contribution in [2.24, 2.45) is 0 Å². The van der Waals surface area contributed by atoms with Crippen molar-refractivity contribution in [2.45, 2.75) is 18.2 Å². The Bertz CT molecular complexity index is 772. The van der Waals surface area contributed by atoms with Crippen LogP contribution in [0.4, 0.5) is 5.69 Å². The number of hydrogen-bond acceptors (Lipinski definition) is 4. The van der Waals surface area contributed by atoms with E-state index >= 15 is 0 Å². The highest BCUT2D eigenvalue weighted by Gasteiger charge is 2.26. The van der Waals surface area contributed by atoms with E-state index < -0.39 is 22.5 Å². The Labute approximate surface area is 141 Å². The van der Waals surface area contributed by atoms with Gasteiger partial charge < -0.3 is 9.84 Å². The number of carboxylic acid groups (broad SMARTS) is 1. The first kappa shape index (κ1) is 17.8. The Morgan fingerprint density at radius 3 is 2.25 bits per heavy atom. The molecule has 2 aromatic rings. The summed E-state index contributed by atoms with van der Waals surface area (Å²) in [6.45, 7) is 1.88. The van der Waals surface area contributed by atoms with Crippen LogP contribution in [0.5, 0.6) is 5.75 Å². The number of rotatable bonds is 8. The van der Waals surface area contributed by atoms with Crippen LogP contribution in [0, 0.1) is 0 Å². The van der Waals surface area contributed by atoms with Gasteiger partial charge in [-0.05, 0) is 42.8 Å². The van der Waals surface area contributed by atoms with Crippen LogP contribution >= 0.6 is 0 Å². The molecule has 0 atom stereocenters. The third kappa shape index (κ3) is 4.26. The predicted molar refractivity (Wildman–Crippen MR) is 90.8 cm³/mol. The molecule has 0 bridgehead atoms. The Morgan fingerprint density at radius 2 is 1.71 bits per heavy atom. The van der Waals surface area contributed by atoms with E-state index in [1.54, 1.807) is 30.3 Å². The number of aliphatic carboxylic acids is 1. The van der Waals surface area contributed by atoms with Gasteiger partial charge in [0.15, 0.2) is 0 Å². The molecule has 7 heteroatoms. The average molecular weight is 349 g/mol. The predicted octanol–water partition coefficient (Wildman–Crippen LogP) is 2.76. The molecule has 0 spiro atoms. The van der Waals surface area contributed by atoms with E-state index in [0.717, 1.165) is 10.7 Å². The summed E-state index contributed by atoms with van der Waals surface area (Å²) in [5.74, 6) is -0.631. The summed E-state index contributed by atoms with van der Waals surface area (Å²) in [6.07, 6.45) is 0.856. The minimum Gasteiger partial charge on any atom is -0.494 e. The van der Waals surface area contributed by atoms with E-state index in [1.807, 2.05) is 6.92 Å². The normalized spacial score (nSPS) is 11.0. The molecule has 128 valence electrons. The van der Waals surface area contributed by atoms with Gasteiger partial charge in [-0.15, -0.1) is 0 Å². The van der Waals surface area contributed by atoms with E-state index in [4.69, 9.17) is 9.84 Å². The summed E-state index contributed by atoms with van der Waals surface area (Å²) in [4.78, 5) is 11.2. The second-order valence-corrected chi connectivity index (χ2v) is 6.92. The van der Waals surface area contributed by atoms with Gasteiger partial charge in [0.05, 0.1) is 17.2 Å². The maximum atomic E-state index is 12.8. The van der Waals surface area contributed by atoms with Crippen LogP contribution in [-0.2, 0) is 14.8 Å². The molecule has 0 aliphatic rings. The largest absolute Gasteiger partial charge is 0.494 e. The van der Waals surface area contributed by atoms with E-state index in [-0.39, 0.29) is 10.6 Å². The first-order valence-electron chi connectivity index (χ1n) is 7.47. The lowest BCUT2D eigenvalue weighted by Crippen LogP contribution is -2.35. The van der Waals surface area contributed by atoms with Gasteiger partial charge >= 0.3 is 5.97 Å². The number of nitrogens with zero attached hydrogens (tertiary/aromatic N) is 1. The number of hydrogen-bond donors (Lipinski definition) is 1. The zero-order valence-electron chi connectivity index (χ0n) is 13.3. The number of sulfonamides is 1. The topological polar surface area (TPSA) is 83.9 Å². The fraction of sp³-hybridized carbons (Fsp3) is 0.235. The van der Waals surface area contributed by atoms with Crippen molar-refractivity contribution >= 4 is 21.7 Å². The molecule has 0 fully saturated rings. The molecule has 2 aromatic carbocycles. The van der Waals surface area contributed by atoms with Crippen LogP contribution in [0.1, 0.15) is 13.3 Å². The van der Waals surface area contributed by atoms with Crippen molar-refractivity contribution in [2.75, 3.05) is 17.5 Å². The van der Waals surface area contributed by atoms with Gasteiger partial charge in [0, 0.05) is 0 Å². The lowest BCUT2D eigenvalue weighted by molar-refractivity contribution is -0.135. The molecule has 1 N–H and O–H groups in total. The SMILES string of the molecule is CCCOc1ccc(N(CC(=O)O)S(=O)(=O)c2ccccc2)cc1. The highest BCUT2D eigenvalue weighted by atomic mass is 32.2. The van der Waals surface area contributed by atoms with Crippen LogP contribution < -0.4 is 9.04 Å². The van der Waals surface area contributed by atoms with E-state index in [0.29, 0.717) is 12.4 Å². The standard InChI is InChI=1S/C17H19NO5S/c1-2-12-23-15-10-8-14(9-11-15)18(13-17(19)20)24(21,22)16-6-4-3-5-7-16/h3-11H,2,12-13H2,1H3,(H,19,20). The monoisotopic (exact) mass is 349 g/mol. The van der Waals surface area contributed by atoms with Gasteiger partial charge in [-0.3, -0.25) is 9.10 Å². The molecule has 0 radical (unpaired) electrons. The number of carboxylic acids is 1. The van der Waals surface area contributed by atoms with Gasteiger partial charge in [0.25, 0.3) is 10.0 Å². The fourth-order valence-corrected chi connectivity index (χ4v) is 3.52. The highest BCUT2D eigenvalue weighted by Crippen LogP contribution is 2.25. The third-order valence-corrected chi connectivity index (χ3v) is 5.00. The molecule has 0 amide bonds. The van der Waals surface area contributed by atoms with E-state index in [1.165, 1.54) is 24.3 Å². The molecule has 6 nitrogen and oxygen atoms in total. The van der Waals surface area contributed by atoms with Gasteiger partial charge in [-0.2, -0.15) is 0 Å². The smallest absolute Gasteiger partial charge is 0.324 e. The van der Waals surface area contributed by atoms with E-state index in [9.17, 15) is 13.2 Å². The average Bonchev–Trinajstić information content (AvgIpc) is 2.59. The zero-order valence-corrected chi connectivity index (χ0v) is 14.1. The molecule has 24 heavy (non-hydrogen) atoms. The van der Waals surface area contributed by atoms with Gasteiger partial charge in [0.1, 0.15) is 12.3 Å². The number of carbonyl (C=O) groups is 1. The maximum Gasteiger partial charge on any atom is 0.324 e. The molecule has 0 saturated heterocycles. The van der Waals surface area contributed by atoms with E-state index in [2.05, 4.69) is 0 Å². The summed E-state index contributed by atoms with van der Waals surface area (Å²) < 4.78 is 31.8. The number of ether oxygens (including phenoxy) is 1. The Balaban J connectivity index is 2.37. The van der Waals surface area contributed by atoms with Crippen molar-refractivity contribution in [3.8, 4) is 5.75 Å². The summed E-state index contributed by atoms with van der Waals surface area (Å²) in [7, 11) is -3.97. The highest BCUT2D eigenvalue weighted by molar-refractivity contribution is 7.92. The maximum absolute atomic E-state index is 12.8. The van der Waals surface area contributed by atoms with Crippen LogP contribution in [0.15, 0.2) is 59.5 Å². The Morgan fingerprint density at radius 1 is 1.08 bits per heavy atom. The Kier molecular flexibility index (Phi) is 5.81. The zero-order chi connectivity index (χ0) is 17.6. The van der Waals surface area contributed by atoms with Crippen molar-refractivity contribution in [3.63, 3.8) is 0 Å². The second kappa shape index (κ2) is 7.83. The number of anilines is 1. The quantitative estimate of drug-likeness (QED) is 0.792.